The Hall–Kier alpha value is -0.490. The van der Waals surface area contributed by atoms with Gasteiger partial charge in [-0.1, -0.05) is 39.3 Å². The van der Waals surface area contributed by atoms with E-state index < -0.39 is 0 Å². The van der Waals surface area contributed by atoms with Crippen LogP contribution in [0.4, 0.5) is 0 Å². The summed E-state index contributed by atoms with van der Waals surface area (Å²) in [5.74, 6) is 0.663. The molecule has 1 aromatic rings. The summed E-state index contributed by atoms with van der Waals surface area (Å²) in [7, 11) is 0. The zero-order chi connectivity index (χ0) is 13.3. The quantitative estimate of drug-likeness (QED) is 0.631. The van der Waals surface area contributed by atoms with Crippen molar-refractivity contribution in [2.75, 3.05) is 0 Å². The van der Waals surface area contributed by atoms with Gasteiger partial charge in [0.15, 0.2) is 0 Å². The fraction of sp³-hybridized carbons (Fsp3) is 0.647. The van der Waals surface area contributed by atoms with Gasteiger partial charge >= 0.3 is 0 Å². The van der Waals surface area contributed by atoms with Crippen LogP contribution in [0.1, 0.15) is 74.3 Å². The molecule has 2 aliphatic carbocycles. The third kappa shape index (κ3) is 2.09. The van der Waals surface area contributed by atoms with Crippen molar-refractivity contribution >= 4 is 11.6 Å². The number of halogens is 1. The molecule has 0 saturated heterocycles. The predicted molar refractivity (Wildman–Crippen MR) is 80.9 cm³/mol. The van der Waals surface area contributed by atoms with E-state index in [0.29, 0.717) is 5.92 Å². The second-order valence-corrected chi connectivity index (χ2v) is 5.88. The Morgan fingerprint density at radius 1 is 0.778 bits per heavy atom. The Balaban J connectivity index is 0.000000574. The van der Waals surface area contributed by atoms with Crippen molar-refractivity contribution in [3.63, 3.8) is 0 Å². The van der Waals surface area contributed by atoms with E-state index in [0.717, 1.165) is 5.02 Å². The van der Waals surface area contributed by atoms with E-state index in [9.17, 15) is 0 Å². The van der Waals surface area contributed by atoms with Crippen LogP contribution in [0.5, 0.6) is 0 Å². The summed E-state index contributed by atoms with van der Waals surface area (Å²) in [5.41, 5.74) is 7.86. The van der Waals surface area contributed by atoms with E-state index in [-0.39, 0.29) is 0 Å². The van der Waals surface area contributed by atoms with Crippen LogP contribution in [0, 0.1) is 0 Å². The molecule has 1 heteroatoms. The third-order valence-electron chi connectivity index (χ3n) is 4.19. The lowest BCUT2D eigenvalue weighted by molar-refractivity contribution is 0.816. The first kappa shape index (κ1) is 13.9. The Bertz CT molecular complexity index is 408. The van der Waals surface area contributed by atoms with Crippen LogP contribution in [0.25, 0.3) is 0 Å². The van der Waals surface area contributed by atoms with E-state index >= 15 is 0 Å². The molecule has 3 rings (SSSR count). The molecule has 0 fully saturated rings. The summed E-state index contributed by atoms with van der Waals surface area (Å²) < 4.78 is 0. The number of rotatable bonds is 1. The Labute approximate surface area is 117 Å². The molecule has 2 aliphatic rings. The molecule has 0 spiro atoms. The van der Waals surface area contributed by atoms with Gasteiger partial charge in [-0.3, -0.25) is 0 Å². The average molecular weight is 265 g/mol. The minimum Gasteiger partial charge on any atom is -0.0837 e. The molecule has 100 valence electrons. The third-order valence-corrected chi connectivity index (χ3v) is 4.65. The molecular weight excluding hydrogens is 240 g/mol. The van der Waals surface area contributed by atoms with Crippen LogP contribution in [0.2, 0.25) is 5.02 Å². The predicted octanol–water partition coefficient (Wildman–Crippen LogP) is 5.47. The van der Waals surface area contributed by atoms with Crippen molar-refractivity contribution in [1.82, 2.24) is 0 Å². The number of hydrogen-bond donors (Lipinski definition) is 0. The van der Waals surface area contributed by atoms with Gasteiger partial charge in [0, 0.05) is 5.02 Å². The molecule has 0 atom stereocenters. The van der Waals surface area contributed by atoms with Crippen LogP contribution in [0.15, 0.2) is 0 Å². The molecule has 0 aliphatic heterocycles. The minimum atomic E-state index is 0.663. The molecule has 0 saturated carbocycles. The molecule has 0 bridgehead atoms. The van der Waals surface area contributed by atoms with E-state index in [1.165, 1.54) is 49.7 Å². The normalized spacial score (nSPS) is 16.3. The fourth-order valence-electron chi connectivity index (χ4n) is 3.63. The molecule has 0 heterocycles. The highest BCUT2D eigenvalue weighted by Crippen LogP contribution is 2.43. The topological polar surface area (TPSA) is 0 Å². The standard InChI is InChI=1S/C15H19Cl.C2H6/c1-9(2)14-10-5-3-7-12(10)15(16)13-8-4-6-11(13)14;1-2/h9H,3-8H2,1-2H3;1-2H3. The lowest BCUT2D eigenvalue weighted by Crippen LogP contribution is -2.04. The maximum absolute atomic E-state index is 6.58. The Morgan fingerprint density at radius 2 is 1.17 bits per heavy atom. The van der Waals surface area contributed by atoms with Gasteiger partial charge in [-0.25, -0.2) is 0 Å². The summed E-state index contributed by atoms with van der Waals surface area (Å²) in [6.07, 6.45) is 7.54. The van der Waals surface area contributed by atoms with Crippen LogP contribution in [0.3, 0.4) is 0 Å². The molecule has 1 aromatic carbocycles. The van der Waals surface area contributed by atoms with Gasteiger partial charge < -0.3 is 0 Å². The number of fused-ring (bicyclic) bond motifs is 2. The summed E-state index contributed by atoms with van der Waals surface area (Å²) in [4.78, 5) is 0. The number of hydrogen-bond acceptors (Lipinski definition) is 0. The van der Waals surface area contributed by atoms with Crippen LogP contribution in [-0.4, -0.2) is 0 Å². The molecule has 0 unspecified atom stereocenters. The van der Waals surface area contributed by atoms with E-state index in [2.05, 4.69) is 13.8 Å². The first-order valence-corrected chi connectivity index (χ1v) is 7.92. The largest absolute Gasteiger partial charge is 0.0837 e. The van der Waals surface area contributed by atoms with E-state index in [1.54, 1.807) is 16.7 Å². The zero-order valence-electron chi connectivity index (χ0n) is 12.2. The van der Waals surface area contributed by atoms with Gasteiger partial charge in [0.1, 0.15) is 0 Å². The molecule has 0 N–H and O–H groups in total. The molecule has 18 heavy (non-hydrogen) atoms. The van der Waals surface area contributed by atoms with Gasteiger partial charge in [-0.15, -0.1) is 0 Å². The highest BCUT2D eigenvalue weighted by Gasteiger charge is 2.28. The summed E-state index contributed by atoms with van der Waals surface area (Å²) in [5, 5.41) is 1.13. The van der Waals surface area contributed by atoms with Crippen molar-refractivity contribution in [1.29, 1.82) is 0 Å². The molecule has 0 amide bonds. The van der Waals surface area contributed by atoms with Gasteiger partial charge in [0.25, 0.3) is 0 Å². The van der Waals surface area contributed by atoms with Crippen molar-refractivity contribution in [3.05, 3.63) is 32.8 Å². The maximum atomic E-state index is 6.58. The first-order valence-electron chi connectivity index (χ1n) is 7.55. The highest BCUT2D eigenvalue weighted by atomic mass is 35.5. The lowest BCUT2D eigenvalue weighted by atomic mass is 9.87. The average Bonchev–Trinajstić information content (AvgIpc) is 3.00. The van der Waals surface area contributed by atoms with Crippen LogP contribution < -0.4 is 0 Å². The molecule has 0 radical (unpaired) electrons. The SMILES string of the molecule is CC.CC(C)c1c2c(c(Cl)c3c1CCC3)CCC2. The van der Waals surface area contributed by atoms with Crippen LogP contribution in [-0.2, 0) is 25.7 Å². The zero-order valence-corrected chi connectivity index (χ0v) is 13.0. The van der Waals surface area contributed by atoms with E-state index in [1.807, 2.05) is 13.8 Å². The van der Waals surface area contributed by atoms with Crippen molar-refractivity contribution in [2.45, 2.75) is 72.1 Å². The van der Waals surface area contributed by atoms with E-state index in [4.69, 9.17) is 11.6 Å². The first-order chi connectivity index (χ1) is 8.70. The monoisotopic (exact) mass is 264 g/mol. The Morgan fingerprint density at radius 3 is 1.56 bits per heavy atom. The van der Waals surface area contributed by atoms with Gasteiger partial charge in [0.2, 0.25) is 0 Å². The lowest BCUT2D eigenvalue weighted by Gasteiger charge is -2.19. The van der Waals surface area contributed by atoms with Crippen molar-refractivity contribution in [3.8, 4) is 0 Å². The second-order valence-electron chi connectivity index (χ2n) is 5.50. The van der Waals surface area contributed by atoms with Gasteiger partial charge in [-0.05, 0) is 72.3 Å². The molecular formula is C17H25Cl. The smallest absolute Gasteiger partial charge is 0.0475 e. The summed E-state index contributed by atoms with van der Waals surface area (Å²) in [6, 6.07) is 0. The number of benzene rings is 1. The molecule has 0 nitrogen and oxygen atoms in total. The van der Waals surface area contributed by atoms with Crippen molar-refractivity contribution in [2.24, 2.45) is 0 Å². The maximum Gasteiger partial charge on any atom is 0.0475 e. The highest BCUT2D eigenvalue weighted by molar-refractivity contribution is 6.32. The molecule has 0 aromatic heterocycles. The van der Waals surface area contributed by atoms with Crippen LogP contribution >= 0.6 is 11.6 Å². The van der Waals surface area contributed by atoms with Gasteiger partial charge in [-0.2, -0.15) is 0 Å². The summed E-state index contributed by atoms with van der Waals surface area (Å²) >= 11 is 6.58. The summed E-state index contributed by atoms with van der Waals surface area (Å²) in [6.45, 7) is 8.67. The minimum absolute atomic E-state index is 0.663. The van der Waals surface area contributed by atoms with Gasteiger partial charge in [0.05, 0.1) is 0 Å². The fourth-order valence-corrected chi connectivity index (χ4v) is 4.04. The Kier molecular flexibility index (Phi) is 4.37. The van der Waals surface area contributed by atoms with Crippen molar-refractivity contribution < 1.29 is 0 Å². The second kappa shape index (κ2) is 5.65.